The predicted molar refractivity (Wildman–Crippen MR) is 125 cm³/mol. The maximum absolute atomic E-state index is 6.35. The van der Waals surface area contributed by atoms with Gasteiger partial charge in [0.2, 0.25) is 11.0 Å². The molecule has 0 aliphatic carbocycles. The number of unbranched alkanes of at least 4 members (excludes halogenated alkanes) is 1. The number of fused-ring (bicyclic) bond motifs is 3. The standard InChI is InChI=1S/C22H23BrN4O3S/c1-4-5-10-31-22-25-21-18(26-27-22)14-8-6-7-9-16(14)24-20(30-21)13-11-15(23)19(29-3)17(12-13)28-2/h6-9,11-12,20,24H,4-5,10H2,1-3H3. The fourth-order valence-corrected chi connectivity index (χ4v) is 4.74. The number of rotatable bonds is 7. The summed E-state index contributed by atoms with van der Waals surface area (Å²) in [7, 11) is 3.21. The van der Waals surface area contributed by atoms with Crippen LogP contribution in [-0.4, -0.2) is 35.2 Å². The molecule has 1 aromatic heterocycles. The first-order valence-electron chi connectivity index (χ1n) is 9.96. The van der Waals surface area contributed by atoms with Crippen LogP contribution in [0.5, 0.6) is 17.4 Å². The number of thioether (sulfide) groups is 1. The zero-order valence-electron chi connectivity index (χ0n) is 17.5. The number of hydrogen-bond donors (Lipinski definition) is 1. The Bertz CT molecular complexity index is 1080. The van der Waals surface area contributed by atoms with E-state index in [4.69, 9.17) is 14.2 Å². The molecule has 1 unspecified atom stereocenters. The number of para-hydroxylation sites is 1. The van der Waals surface area contributed by atoms with Crippen LogP contribution in [0.3, 0.4) is 0 Å². The molecule has 1 aliphatic heterocycles. The fourth-order valence-electron chi connectivity index (χ4n) is 3.26. The van der Waals surface area contributed by atoms with Crippen molar-refractivity contribution in [2.45, 2.75) is 31.1 Å². The summed E-state index contributed by atoms with van der Waals surface area (Å²) in [5.74, 6) is 2.62. The Morgan fingerprint density at radius 2 is 2.00 bits per heavy atom. The number of ether oxygens (including phenoxy) is 3. The van der Waals surface area contributed by atoms with Crippen molar-refractivity contribution >= 4 is 33.4 Å². The van der Waals surface area contributed by atoms with E-state index in [1.54, 1.807) is 26.0 Å². The normalized spacial score (nSPS) is 14.5. The third kappa shape index (κ3) is 4.57. The minimum absolute atomic E-state index is 0.447. The van der Waals surface area contributed by atoms with Gasteiger partial charge in [-0.1, -0.05) is 43.3 Å². The molecule has 162 valence electrons. The molecule has 0 fully saturated rings. The number of benzene rings is 2. The van der Waals surface area contributed by atoms with Crippen LogP contribution < -0.4 is 19.5 Å². The SMILES string of the molecule is CCCCSc1nnc2c(n1)OC(c1cc(Br)c(OC)c(OC)c1)Nc1ccccc1-2. The maximum atomic E-state index is 6.35. The third-order valence-electron chi connectivity index (χ3n) is 4.82. The largest absolute Gasteiger partial charge is 0.493 e. The molecule has 1 atom stereocenters. The molecule has 0 saturated heterocycles. The van der Waals surface area contributed by atoms with Crippen LogP contribution in [0.25, 0.3) is 11.3 Å². The second kappa shape index (κ2) is 9.74. The molecule has 0 spiro atoms. The molecule has 31 heavy (non-hydrogen) atoms. The van der Waals surface area contributed by atoms with Crippen molar-refractivity contribution in [1.29, 1.82) is 0 Å². The molecule has 0 amide bonds. The summed E-state index contributed by atoms with van der Waals surface area (Å²) in [4.78, 5) is 4.68. The number of nitrogens with zero attached hydrogens (tertiary/aromatic N) is 3. The van der Waals surface area contributed by atoms with Crippen molar-refractivity contribution in [3.05, 3.63) is 46.4 Å². The molecular weight excluding hydrogens is 480 g/mol. The summed E-state index contributed by atoms with van der Waals surface area (Å²) in [6.07, 6.45) is 1.71. The summed E-state index contributed by atoms with van der Waals surface area (Å²) in [5, 5.41) is 12.8. The number of anilines is 1. The van der Waals surface area contributed by atoms with E-state index in [1.807, 2.05) is 36.4 Å². The lowest BCUT2D eigenvalue weighted by Crippen LogP contribution is -2.17. The molecule has 0 saturated carbocycles. The van der Waals surface area contributed by atoms with Crippen molar-refractivity contribution in [3.63, 3.8) is 0 Å². The highest BCUT2D eigenvalue weighted by Gasteiger charge is 2.27. The average molecular weight is 503 g/mol. The van der Waals surface area contributed by atoms with Gasteiger partial charge in [0.25, 0.3) is 0 Å². The summed E-state index contributed by atoms with van der Waals surface area (Å²) >= 11 is 5.15. The minimum Gasteiger partial charge on any atom is -0.493 e. The second-order valence-corrected chi connectivity index (χ2v) is 8.79. The Balaban J connectivity index is 1.76. The van der Waals surface area contributed by atoms with E-state index in [-0.39, 0.29) is 0 Å². The van der Waals surface area contributed by atoms with Crippen LogP contribution >= 0.6 is 27.7 Å². The third-order valence-corrected chi connectivity index (χ3v) is 6.33. The lowest BCUT2D eigenvalue weighted by Gasteiger charge is -2.21. The lowest BCUT2D eigenvalue weighted by atomic mass is 10.1. The highest BCUT2D eigenvalue weighted by atomic mass is 79.9. The molecule has 4 rings (SSSR count). The maximum Gasteiger partial charge on any atom is 0.247 e. The zero-order chi connectivity index (χ0) is 21.8. The van der Waals surface area contributed by atoms with Crippen LogP contribution in [0.1, 0.15) is 31.6 Å². The Morgan fingerprint density at radius 1 is 1.16 bits per heavy atom. The van der Waals surface area contributed by atoms with Gasteiger partial charge in [0.05, 0.1) is 18.7 Å². The monoisotopic (exact) mass is 502 g/mol. The molecule has 0 radical (unpaired) electrons. The van der Waals surface area contributed by atoms with Gasteiger partial charge in [0.15, 0.2) is 23.4 Å². The van der Waals surface area contributed by atoms with E-state index in [9.17, 15) is 0 Å². The number of hydrogen-bond acceptors (Lipinski definition) is 8. The number of methoxy groups -OCH3 is 2. The lowest BCUT2D eigenvalue weighted by molar-refractivity contribution is 0.224. The first-order chi connectivity index (χ1) is 15.1. The molecular formula is C22H23BrN4O3S. The van der Waals surface area contributed by atoms with Gasteiger partial charge in [-0.05, 0) is 40.5 Å². The Labute approximate surface area is 194 Å². The van der Waals surface area contributed by atoms with Crippen molar-refractivity contribution in [1.82, 2.24) is 15.2 Å². The van der Waals surface area contributed by atoms with E-state index in [2.05, 4.69) is 43.4 Å². The quantitative estimate of drug-likeness (QED) is 0.324. The van der Waals surface area contributed by atoms with E-state index < -0.39 is 6.23 Å². The van der Waals surface area contributed by atoms with Crippen LogP contribution in [-0.2, 0) is 0 Å². The van der Waals surface area contributed by atoms with Gasteiger partial charge in [0, 0.05) is 22.6 Å². The minimum atomic E-state index is -0.510. The molecule has 3 aromatic rings. The van der Waals surface area contributed by atoms with Gasteiger partial charge in [-0.3, -0.25) is 0 Å². The van der Waals surface area contributed by atoms with Crippen LogP contribution in [0.15, 0.2) is 46.0 Å². The van der Waals surface area contributed by atoms with Gasteiger partial charge < -0.3 is 19.5 Å². The fraction of sp³-hybridized carbons (Fsp3) is 0.318. The van der Waals surface area contributed by atoms with Crippen molar-refractivity contribution in [2.75, 3.05) is 25.3 Å². The van der Waals surface area contributed by atoms with Gasteiger partial charge in [-0.15, -0.1) is 10.2 Å². The summed E-state index contributed by atoms with van der Waals surface area (Å²) in [6, 6.07) is 11.7. The van der Waals surface area contributed by atoms with Gasteiger partial charge >= 0.3 is 0 Å². The molecule has 0 bridgehead atoms. The molecule has 9 heteroatoms. The Kier molecular flexibility index (Phi) is 6.82. The summed E-state index contributed by atoms with van der Waals surface area (Å²) < 4.78 is 18.1. The average Bonchev–Trinajstić information content (AvgIpc) is 2.95. The highest BCUT2D eigenvalue weighted by molar-refractivity contribution is 9.10. The summed E-state index contributed by atoms with van der Waals surface area (Å²) in [6.45, 7) is 2.16. The van der Waals surface area contributed by atoms with E-state index in [0.29, 0.717) is 28.2 Å². The van der Waals surface area contributed by atoms with E-state index in [1.165, 1.54) is 0 Å². The molecule has 1 aliphatic rings. The van der Waals surface area contributed by atoms with Crippen LogP contribution in [0, 0.1) is 0 Å². The number of aromatic nitrogens is 3. The topological polar surface area (TPSA) is 78.4 Å². The van der Waals surface area contributed by atoms with Gasteiger partial charge in [-0.2, -0.15) is 4.98 Å². The number of halogens is 1. The van der Waals surface area contributed by atoms with Crippen molar-refractivity contribution in [3.8, 4) is 28.6 Å². The van der Waals surface area contributed by atoms with Crippen LogP contribution in [0.4, 0.5) is 5.69 Å². The second-order valence-electron chi connectivity index (χ2n) is 6.88. The van der Waals surface area contributed by atoms with Gasteiger partial charge in [-0.25, -0.2) is 0 Å². The highest BCUT2D eigenvalue weighted by Crippen LogP contribution is 2.42. The Hall–Kier alpha value is -2.52. The van der Waals surface area contributed by atoms with Crippen LogP contribution in [0.2, 0.25) is 0 Å². The first-order valence-corrected chi connectivity index (χ1v) is 11.7. The number of nitrogens with one attached hydrogen (secondary N) is 1. The van der Waals surface area contributed by atoms with Gasteiger partial charge in [0.1, 0.15) is 0 Å². The van der Waals surface area contributed by atoms with Crippen molar-refractivity contribution < 1.29 is 14.2 Å². The predicted octanol–water partition coefficient (Wildman–Crippen LogP) is 5.71. The first kappa shape index (κ1) is 21.7. The zero-order valence-corrected chi connectivity index (χ0v) is 19.9. The smallest absolute Gasteiger partial charge is 0.247 e. The van der Waals surface area contributed by atoms with E-state index in [0.717, 1.165) is 39.9 Å². The molecule has 2 heterocycles. The van der Waals surface area contributed by atoms with Crippen molar-refractivity contribution in [2.24, 2.45) is 0 Å². The molecule has 1 N–H and O–H groups in total. The van der Waals surface area contributed by atoms with E-state index >= 15 is 0 Å². The molecule has 7 nitrogen and oxygen atoms in total. The Morgan fingerprint density at radius 3 is 2.77 bits per heavy atom. The summed E-state index contributed by atoms with van der Waals surface area (Å²) in [5.41, 5.74) is 3.25. The molecule has 2 aromatic carbocycles.